The van der Waals surface area contributed by atoms with Gasteiger partial charge in [-0.3, -0.25) is 0 Å². The van der Waals surface area contributed by atoms with Crippen LogP contribution in [0.15, 0.2) is 255 Å². The Kier molecular flexibility index (Phi) is 9.20. The van der Waals surface area contributed by atoms with Crippen molar-refractivity contribution in [1.82, 2.24) is 4.57 Å². The summed E-state index contributed by atoms with van der Waals surface area (Å²) in [5.74, 6) is 0. The largest absolute Gasteiger partial charge is 0.311 e. The highest BCUT2D eigenvalue weighted by Crippen LogP contribution is 2.42. The molecule has 1 aromatic heterocycles. The van der Waals surface area contributed by atoms with Gasteiger partial charge in [-0.05, 0) is 139 Å². The molecule has 12 aromatic rings. The summed E-state index contributed by atoms with van der Waals surface area (Å²) in [7, 11) is 0. The van der Waals surface area contributed by atoms with Crippen molar-refractivity contribution in [3.8, 4) is 50.2 Å². The molecule has 0 N–H and O–H groups in total. The van der Waals surface area contributed by atoms with Crippen LogP contribution in [0.3, 0.4) is 0 Å². The maximum atomic E-state index is 2.43. The number of benzene rings is 11. The SMILES string of the molecule is c1ccc(-c2ccc(N(c3ccc(-c4ccc5ccccc5c4)cc3)c3ccc(-c4ccc(-n5c6ccccc6c6cc7ccccc7cc65)cc4-c4ccccc4)cc3)cc2)cc1. The number of anilines is 3. The molecule has 0 saturated heterocycles. The van der Waals surface area contributed by atoms with E-state index in [4.69, 9.17) is 0 Å². The molecular formula is C62H42N2. The van der Waals surface area contributed by atoms with Gasteiger partial charge in [-0.1, -0.05) is 182 Å². The van der Waals surface area contributed by atoms with Crippen LogP contribution < -0.4 is 4.90 Å². The molecule has 0 radical (unpaired) electrons. The van der Waals surface area contributed by atoms with Gasteiger partial charge in [0, 0.05) is 33.5 Å². The molecule has 0 amide bonds. The molecule has 2 nitrogen and oxygen atoms in total. The van der Waals surface area contributed by atoms with Crippen LogP contribution >= 0.6 is 0 Å². The fraction of sp³-hybridized carbons (Fsp3) is 0. The molecule has 300 valence electrons. The summed E-state index contributed by atoms with van der Waals surface area (Å²) in [4.78, 5) is 2.36. The first kappa shape index (κ1) is 37.3. The minimum Gasteiger partial charge on any atom is -0.311 e. The van der Waals surface area contributed by atoms with Crippen LogP contribution in [0.5, 0.6) is 0 Å². The average Bonchev–Trinajstić information content (AvgIpc) is 3.69. The lowest BCUT2D eigenvalue weighted by Crippen LogP contribution is -2.09. The topological polar surface area (TPSA) is 8.17 Å². The van der Waals surface area contributed by atoms with Crippen molar-refractivity contribution >= 4 is 60.4 Å². The first-order valence-electron chi connectivity index (χ1n) is 22.0. The Bertz CT molecular complexity index is 3620. The second-order valence-electron chi connectivity index (χ2n) is 16.6. The van der Waals surface area contributed by atoms with Gasteiger partial charge in [0.05, 0.1) is 11.0 Å². The van der Waals surface area contributed by atoms with Gasteiger partial charge in [0.2, 0.25) is 0 Å². The lowest BCUT2D eigenvalue weighted by Gasteiger charge is -2.26. The Morgan fingerprint density at radius 2 is 0.719 bits per heavy atom. The average molecular weight is 815 g/mol. The highest BCUT2D eigenvalue weighted by molar-refractivity contribution is 6.13. The Hall–Kier alpha value is -8.46. The third kappa shape index (κ3) is 6.70. The molecular weight excluding hydrogens is 773 g/mol. The number of fused-ring (bicyclic) bond motifs is 5. The van der Waals surface area contributed by atoms with Crippen LogP contribution in [-0.2, 0) is 0 Å². The van der Waals surface area contributed by atoms with Crippen molar-refractivity contribution in [3.05, 3.63) is 255 Å². The summed E-state index contributed by atoms with van der Waals surface area (Å²) in [6, 6.07) is 92.7. The number of para-hydroxylation sites is 1. The van der Waals surface area contributed by atoms with Crippen molar-refractivity contribution in [1.29, 1.82) is 0 Å². The van der Waals surface area contributed by atoms with E-state index in [0.717, 1.165) is 28.3 Å². The third-order valence-electron chi connectivity index (χ3n) is 12.8. The Morgan fingerprint density at radius 1 is 0.250 bits per heavy atom. The first-order chi connectivity index (χ1) is 31.7. The number of hydrogen-bond acceptors (Lipinski definition) is 1. The predicted octanol–water partition coefficient (Wildman–Crippen LogP) is 17.2. The highest BCUT2D eigenvalue weighted by atomic mass is 15.1. The van der Waals surface area contributed by atoms with E-state index in [9.17, 15) is 0 Å². The first-order valence-corrected chi connectivity index (χ1v) is 22.0. The summed E-state index contributed by atoms with van der Waals surface area (Å²) in [6.45, 7) is 0. The molecule has 1 heterocycles. The second kappa shape index (κ2) is 15.8. The van der Waals surface area contributed by atoms with E-state index in [1.54, 1.807) is 0 Å². The predicted molar refractivity (Wildman–Crippen MR) is 272 cm³/mol. The molecule has 0 atom stereocenters. The highest BCUT2D eigenvalue weighted by Gasteiger charge is 2.18. The lowest BCUT2D eigenvalue weighted by atomic mass is 9.93. The zero-order chi connectivity index (χ0) is 42.4. The van der Waals surface area contributed by atoms with E-state index >= 15 is 0 Å². The van der Waals surface area contributed by atoms with Gasteiger partial charge in [0.25, 0.3) is 0 Å². The molecule has 0 aliphatic rings. The molecule has 0 spiro atoms. The van der Waals surface area contributed by atoms with Gasteiger partial charge in [-0.2, -0.15) is 0 Å². The normalized spacial score (nSPS) is 11.4. The zero-order valence-electron chi connectivity index (χ0n) is 35.1. The fourth-order valence-electron chi connectivity index (χ4n) is 9.56. The fourth-order valence-corrected chi connectivity index (χ4v) is 9.56. The maximum Gasteiger partial charge on any atom is 0.0547 e. The molecule has 11 aromatic carbocycles. The van der Waals surface area contributed by atoms with Crippen molar-refractivity contribution in [2.75, 3.05) is 4.90 Å². The molecule has 0 bridgehead atoms. The summed E-state index contributed by atoms with van der Waals surface area (Å²) < 4.78 is 2.43. The summed E-state index contributed by atoms with van der Waals surface area (Å²) in [5, 5.41) is 7.50. The Balaban J connectivity index is 0.954. The molecule has 12 rings (SSSR count). The molecule has 0 aliphatic carbocycles. The van der Waals surface area contributed by atoms with Gasteiger partial charge in [0.15, 0.2) is 0 Å². The van der Waals surface area contributed by atoms with E-state index in [1.807, 2.05) is 0 Å². The number of aromatic nitrogens is 1. The Labute approximate surface area is 373 Å². The molecule has 0 saturated carbocycles. The second-order valence-corrected chi connectivity index (χ2v) is 16.6. The maximum absolute atomic E-state index is 2.43. The monoisotopic (exact) mass is 814 g/mol. The molecule has 0 fully saturated rings. The smallest absolute Gasteiger partial charge is 0.0547 e. The quantitative estimate of drug-likeness (QED) is 0.148. The summed E-state index contributed by atoms with van der Waals surface area (Å²) in [5.41, 5.74) is 16.3. The summed E-state index contributed by atoms with van der Waals surface area (Å²) in [6.07, 6.45) is 0. The van der Waals surface area contributed by atoms with Crippen molar-refractivity contribution < 1.29 is 0 Å². The van der Waals surface area contributed by atoms with E-state index < -0.39 is 0 Å². The number of hydrogen-bond donors (Lipinski definition) is 0. The number of nitrogens with zero attached hydrogens (tertiary/aromatic N) is 2. The van der Waals surface area contributed by atoms with Crippen LogP contribution in [0.4, 0.5) is 17.1 Å². The van der Waals surface area contributed by atoms with Crippen LogP contribution in [0.1, 0.15) is 0 Å². The van der Waals surface area contributed by atoms with Crippen LogP contribution in [0.2, 0.25) is 0 Å². The molecule has 0 aliphatic heterocycles. The standard InChI is InChI=1S/C62H42N2/c1-3-13-43(14-4-1)45-25-31-53(32-26-45)63(54-33-27-46(28-34-54)52-24-23-44-15-7-8-18-49(44)39-52)55-35-29-48(30-36-55)57-38-37-56(42-59(57)47-16-5-2-6-17-47)64-61-22-12-11-21-58(61)60-40-50-19-9-10-20-51(50)41-62(60)64/h1-42H. The van der Waals surface area contributed by atoms with Gasteiger partial charge in [-0.15, -0.1) is 0 Å². The van der Waals surface area contributed by atoms with Crippen molar-refractivity contribution in [2.45, 2.75) is 0 Å². The third-order valence-corrected chi connectivity index (χ3v) is 12.8. The van der Waals surface area contributed by atoms with Gasteiger partial charge in [-0.25, -0.2) is 0 Å². The van der Waals surface area contributed by atoms with Crippen molar-refractivity contribution in [2.24, 2.45) is 0 Å². The van der Waals surface area contributed by atoms with Gasteiger partial charge >= 0.3 is 0 Å². The van der Waals surface area contributed by atoms with Crippen molar-refractivity contribution in [3.63, 3.8) is 0 Å². The number of rotatable bonds is 8. The minimum absolute atomic E-state index is 1.09. The van der Waals surface area contributed by atoms with Gasteiger partial charge < -0.3 is 9.47 Å². The van der Waals surface area contributed by atoms with Crippen LogP contribution in [0, 0.1) is 0 Å². The lowest BCUT2D eigenvalue weighted by molar-refractivity contribution is 1.18. The zero-order valence-corrected chi connectivity index (χ0v) is 35.1. The Morgan fingerprint density at radius 3 is 1.38 bits per heavy atom. The van der Waals surface area contributed by atoms with Gasteiger partial charge in [0.1, 0.15) is 0 Å². The van der Waals surface area contributed by atoms with E-state index in [0.29, 0.717) is 0 Å². The minimum atomic E-state index is 1.09. The molecule has 2 heteroatoms. The molecule has 0 unspecified atom stereocenters. The summed E-state index contributed by atoms with van der Waals surface area (Å²) >= 11 is 0. The van der Waals surface area contributed by atoms with E-state index in [2.05, 4.69) is 264 Å². The van der Waals surface area contributed by atoms with E-state index in [-0.39, 0.29) is 0 Å². The molecule has 64 heavy (non-hydrogen) atoms. The van der Waals surface area contributed by atoms with Crippen LogP contribution in [-0.4, -0.2) is 4.57 Å². The van der Waals surface area contributed by atoms with E-state index in [1.165, 1.54) is 82.3 Å². The van der Waals surface area contributed by atoms with Crippen LogP contribution in [0.25, 0.3) is 93.5 Å².